The number of nitrogens with one attached hydrogen (secondary N) is 2. The van der Waals surface area contributed by atoms with Crippen molar-refractivity contribution in [3.05, 3.63) is 41.4 Å². The number of carbonyl (C=O) groups excluding carboxylic acids is 1. The first kappa shape index (κ1) is 26.0. The molecule has 3 rings (SSSR count). The molecule has 34 heavy (non-hydrogen) atoms. The third-order valence-corrected chi connectivity index (χ3v) is 5.02. The molecule has 0 bridgehead atoms. The van der Waals surface area contributed by atoms with Gasteiger partial charge in [0.05, 0.1) is 75.6 Å². The fourth-order valence-corrected chi connectivity index (χ4v) is 3.43. The summed E-state index contributed by atoms with van der Waals surface area (Å²) in [6.45, 7) is 6.37. The van der Waals surface area contributed by atoms with E-state index in [1.165, 1.54) is 26.2 Å². The van der Waals surface area contributed by atoms with Gasteiger partial charge < -0.3 is 15.4 Å². The third kappa shape index (κ3) is 6.30. The lowest BCUT2D eigenvalue weighted by Crippen LogP contribution is -2.51. The minimum Gasteiger partial charge on any atom is -0.394 e. The molecule has 172 valence electrons. The van der Waals surface area contributed by atoms with Crippen molar-refractivity contribution in [2.24, 2.45) is 0 Å². The summed E-state index contributed by atoms with van der Waals surface area (Å²) in [5.74, 6) is -0.523. The number of halogens is 2. The first-order valence-corrected chi connectivity index (χ1v) is 10.9. The topological polar surface area (TPSA) is 93.4 Å². The van der Waals surface area contributed by atoms with Gasteiger partial charge >= 0.3 is 0 Å². The van der Waals surface area contributed by atoms with Crippen LogP contribution in [0.15, 0.2) is 30.9 Å². The zero-order chi connectivity index (χ0) is 25.3. The minimum atomic E-state index is -2.01. The largest absolute Gasteiger partial charge is 0.394 e. The molecule has 3 heterocycles. The van der Waals surface area contributed by atoms with Gasteiger partial charge in [0.1, 0.15) is 6.17 Å². The first-order chi connectivity index (χ1) is 15.8. The highest BCUT2D eigenvalue weighted by atomic mass is 35.5. The molecule has 0 aliphatic rings. The number of hydrogen-bond acceptors (Lipinski definition) is 6. The second kappa shape index (κ2) is 9.95. The molecule has 2 N–H and O–H groups in total. The Morgan fingerprint density at radius 2 is 1.94 bits per heavy atom. The Balaban J connectivity index is 1.84. The lowest BCUT2D eigenvalue weighted by molar-refractivity contribution is -0.0753. The summed E-state index contributed by atoms with van der Waals surface area (Å²) in [7, 11) is 16.2. The van der Waals surface area contributed by atoms with Crippen molar-refractivity contribution in [3.8, 4) is 11.3 Å². The normalized spacial score (nSPS) is 13.3. The molecular formula is C21H23B3ClFN6O2. The zero-order valence-electron chi connectivity index (χ0n) is 19.3. The van der Waals surface area contributed by atoms with Gasteiger partial charge in [0.25, 0.3) is 5.91 Å². The van der Waals surface area contributed by atoms with Crippen LogP contribution < -0.4 is 10.6 Å². The molecule has 3 aromatic rings. The summed E-state index contributed by atoms with van der Waals surface area (Å²) < 4.78 is 21.5. The number of carbonyl (C=O) groups is 1. The standard InChI is InChI=1S/C21H23B3ClFN6O2/c1-11(2)31-16-5-15(13-8-30-32-10-12(25)6-28-18(13)32)27-7-14(16)19(33)29-9-17(26)20(3,4)34-21(22,23)24/h5-8,10-11,17H,9H2,1-4H3,(H,27,31)(H,29,33). The van der Waals surface area contributed by atoms with E-state index < -0.39 is 23.0 Å². The number of ether oxygens (including phenoxy) is 1. The van der Waals surface area contributed by atoms with Crippen LogP contribution in [0, 0.1) is 0 Å². The number of nitrogens with zero attached hydrogens (tertiary/aromatic N) is 4. The van der Waals surface area contributed by atoms with Crippen molar-refractivity contribution in [1.29, 1.82) is 0 Å². The summed E-state index contributed by atoms with van der Waals surface area (Å²) >= 11 is 5.98. The molecule has 6 radical (unpaired) electrons. The number of pyridine rings is 1. The maximum absolute atomic E-state index is 14.8. The molecule has 0 saturated carbocycles. The molecule has 1 unspecified atom stereocenters. The molecule has 0 spiro atoms. The fourth-order valence-electron chi connectivity index (χ4n) is 3.29. The second-order valence-electron chi connectivity index (χ2n) is 8.75. The molecule has 0 saturated heterocycles. The summed E-state index contributed by atoms with van der Waals surface area (Å²) in [4.78, 5) is 21.6. The van der Waals surface area contributed by atoms with Gasteiger partial charge in [-0.05, 0) is 39.1 Å². The highest BCUT2D eigenvalue weighted by Gasteiger charge is 2.34. The van der Waals surface area contributed by atoms with Crippen molar-refractivity contribution in [1.82, 2.24) is 24.9 Å². The van der Waals surface area contributed by atoms with Gasteiger partial charge in [-0.3, -0.25) is 9.78 Å². The van der Waals surface area contributed by atoms with Crippen molar-refractivity contribution < 1.29 is 13.9 Å². The number of anilines is 1. The van der Waals surface area contributed by atoms with Crippen molar-refractivity contribution >= 4 is 52.4 Å². The average Bonchev–Trinajstić information content (AvgIpc) is 3.12. The van der Waals surface area contributed by atoms with E-state index in [9.17, 15) is 9.18 Å². The van der Waals surface area contributed by atoms with E-state index >= 15 is 0 Å². The summed E-state index contributed by atoms with van der Waals surface area (Å²) in [5, 5.41) is 8.46. The Morgan fingerprint density at radius 3 is 2.59 bits per heavy atom. The Hall–Kier alpha value is -2.59. The van der Waals surface area contributed by atoms with Crippen LogP contribution >= 0.6 is 11.6 Å². The van der Waals surface area contributed by atoms with E-state index in [-0.39, 0.29) is 18.2 Å². The number of alkyl halides is 1. The van der Waals surface area contributed by atoms with Crippen LogP contribution in [0.5, 0.6) is 0 Å². The molecule has 0 aromatic carbocycles. The van der Waals surface area contributed by atoms with Crippen LogP contribution in [0.25, 0.3) is 16.9 Å². The van der Waals surface area contributed by atoms with E-state index in [4.69, 9.17) is 39.9 Å². The van der Waals surface area contributed by atoms with E-state index in [0.29, 0.717) is 27.6 Å². The molecule has 8 nitrogen and oxygen atoms in total. The monoisotopic (exact) mass is 478 g/mol. The number of hydrogen-bond donors (Lipinski definition) is 2. The average molecular weight is 478 g/mol. The van der Waals surface area contributed by atoms with Crippen LogP contribution in [-0.2, 0) is 4.74 Å². The Morgan fingerprint density at radius 1 is 1.24 bits per heavy atom. The minimum absolute atomic E-state index is 0.00989. The summed E-state index contributed by atoms with van der Waals surface area (Å²) in [5.41, 5.74) is 1.08. The van der Waals surface area contributed by atoms with Crippen molar-refractivity contribution in [2.45, 2.75) is 50.8 Å². The zero-order valence-corrected chi connectivity index (χ0v) is 20.1. The molecule has 1 atom stereocenters. The maximum atomic E-state index is 14.8. The molecule has 13 heteroatoms. The quantitative estimate of drug-likeness (QED) is 0.459. The van der Waals surface area contributed by atoms with Gasteiger partial charge in [0, 0.05) is 18.4 Å². The highest BCUT2D eigenvalue weighted by molar-refractivity contribution is 6.58. The highest BCUT2D eigenvalue weighted by Crippen LogP contribution is 2.27. The molecule has 3 aromatic heterocycles. The van der Waals surface area contributed by atoms with E-state index in [1.807, 2.05) is 13.8 Å². The van der Waals surface area contributed by atoms with Crippen LogP contribution in [-0.4, -0.2) is 78.7 Å². The van der Waals surface area contributed by atoms with Crippen LogP contribution in [0.1, 0.15) is 38.1 Å². The Bertz CT molecular complexity index is 1190. The Labute approximate surface area is 206 Å². The van der Waals surface area contributed by atoms with Gasteiger partial charge in [0.2, 0.25) is 0 Å². The second-order valence-corrected chi connectivity index (χ2v) is 9.19. The number of amides is 1. The molecule has 1 amide bonds. The van der Waals surface area contributed by atoms with Crippen molar-refractivity contribution in [3.63, 3.8) is 0 Å². The fraction of sp³-hybridized carbons (Fsp3) is 0.429. The SMILES string of the molecule is [B]C([B])([B])OC(C)(C)C(F)CNC(=O)c1cnc(-c2cnn3cc(Cl)cnc23)cc1NC(C)C. The molecular weight excluding hydrogens is 455 g/mol. The lowest BCUT2D eigenvalue weighted by atomic mass is 9.52. The summed E-state index contributed by atoms with van der Waals surface area (Å²) in [6, 6.07) is 1.73. The van der Waals surface area contributed by atoms with E-state index in [0.717, 1.165) is 0 Å². The van der Waals surface area contributed by atoms with Gasteiger partial charge in [0.15, 0.2) is 5.65 Å². The van der Waals surface area contributed by atoms with Crippen LogP contribution in [0.2, 0.25) is 5.02 Å². The van der Waals surface area contributed by atoms with Gasteiger partial charge in [-0.1, -0.05) is 11.6 Å². The number of aromatic nitrogens is 4. The predicted octanol–water partition coefficient (Wildman–Crippen LogP) is 2.24. The first-order valence-electron chi connectivity index (χ1n) is 10.5. The van der Waals surface area contributed by atoms with Gasteiger partial charge in [-0.2, -0.15) is 5.10 Å². The molecule has 0 aliphatic carbocycles. The predicted molar refractivity (Wildman–Crippen MR) is 132 cm³/mol. The van der Waals surface area contributed by atoms with Gasteiger partial charge in [-0.25, -0.2) is 13.9 Å². The summed E-state index contributed by atoms with van der Waals surface area (Å²) in [6.07, 6.45) is 4.53. The van der Waals surface area contributed by atoms with Crippen LogP contribution in [0.4, 0.5) is 10.1 Å². The smallest absolute Gasteiger partial charge is 0.255 e. The molecule has 0 aliphatic heterocycles. The number of fused-ring (bicyclic) bond motifs is 1. The molecule has 0 fully saturated rings. The van der Waals surface area contributed by atoms with Crippen molar-refractivity contribution in [2.75, 3.05) is 11.9 Å². The number of rotatable bonds is 9. The van der Waals surface area contributed by atoms with E-state index in [1.54, 1.807) is 23.0 Å². The van der Waals surface area contributed by atoms with Gasteiger partial charge in [-0.15, -0.1) is 0 Å². The lowest BCUT2D eigenvalue weighted by Gasteiger charge is -2.37. The maximum Gasteiger partial charge on any atom is 0.255 e. The van der Waals surface area contributed by atoms with Crippen LogP contribution in [0.3, 0.4) is 0 Å². The van der Waals surface area contributed by atoms with E-state index in [2.05, 4.69) is 25.7 Å². The Kier molecular flexibility index (Phi) is 7.62. The third-order valence-electron chi connectivity index (χ3n) is 4.83.